The van der Waals surface area contributed by atoms with E-state index in [1.54, 1.807) is 6.92 Å². The lowest BCUT2D eigenvalue weighted by molar-refractivity contribution is 0.183. The summed E-state index contributed by atoms with van der Waals surface area (Å²) in [5.74, 6) is 0.799. The highest BCUT2D eigenvalue weighted by Gasteiger charge is 2.07. The van der Waals surface area contributed by atoms with E-state index in [4.69, 9.17) is 16.7 Å². The molecule has 1 rings (SSSR count). The Morgan fingerprint density at radius 3 is 2.88 bits per heavy atom. The number of anilines is 1. The molecule has 0 radical (unpaired) electrons. The van der Waals surface area contributed by atoms with Gasteiger partial charge in [0.1, 0.15) is 17.3 Å². The molecule has 0 aliphatic heterocycles. The number of aromatic nitrogens is 2. The summed E-state index contributed by atoms with van der Waals surface area (Å²) in [5.41, 5.74) is 0.946. The lowest BCUT2D eigenvalue weighted by Crippen LogP contribution is -2.09. The summed E-state index contributed by atoms with van der Waals surface area (Å²) in [7, 11) is 0. The first kappa shape index (κ1) is 13.2. The number of aliphatic hydroxyl groups excluding tert-OH is 1. The zero-order valence-corrected chi connectivity index (χ0v) is 10.5. The van der Waals surface area contributed by atoms with E-state index in [1.807, 2.05) is 6.92 Å². The summed E-state index contributed by atoms with van der Waals surface area (Å²) in [6, 6.07) is 0. The monoisotopic (exact) mass is 243 g/mol. The van der Waals surface area contributed by atoms with Gasteiger partial charge < -0.3 is 10.4 Å². The largest absolute Gasteiger partial charge is 0.393 e. The summed E-state index contributed by atoms with van der Waals surface area (Å²) in [5, 5.41) is 12.8. The van der Waals surface area contributed by atoms with E-state index in [1.165, 1.54) is 6.33 Å². The molecule has 0 fully saturated rings. The Labute approximate surface area is 101 Å². The molecular weight excluding hydrogens is 226 g/mol. The average molecular weight is 244 g/mol. The third kappa shape index (κ3) is 3.94. The van der Waals surface area contributed by atoms with Crippen LogP contribution in [-0.2, 0) is 6.42 Å². The second-order valence-electron chi connectivity index (χ2n) is 3.76. The van der Waals surface area contributed by atoms with E-state index in [0.29, 0.717) is 5.15 Å². The van der Waals surface area contributed by atoms with Crippen molar-refractivity contribution in [2.75, 3.05) is 11.9 Å². The molecule has 1 aromatic rings. The van der Waals surface area contributed by atoms with Crippen LogP contribution in [0.15, 0.2) is 6.33 Å². The molecule has 1 heterocycles. The summed E-state index contributed by atoms with van der Waals surface area (Å²) < 4.78 is 0. The van der Waals surface area contributed by atoms with Gasteiger partial charge in [0.15, 0.2) is 0 Å². The first-order valence-corrected chi connectivity index (χ1v) is 5.94. The third-order valence-electron chi connectivity index (χ3n) is 2.34. The highest BCUT2D eigenvalue weighted by atomic mass is 35.5. The van der Waals surface area contributed by atoms with Crippen molar-refractivity contribution >= 4 is 17.4 Å². The van der Waals surface area contributed by atoms with Crippen molar-refractivity contribution in [3.8, 4) is 0 Å². The topological polar surface area (TPSA) is 58.0 Å². The lowest BCUT2D eigenvalue weighted by Gasteiger charge is -2.10. The van der Waals surface area contributed by atoms with Crippen LogP contribution in [0.3, 0.4) is 0 Å². The number of aliphatic hydroxyl groups is 1. The smallest absolute Gasteiger partial charge is 0.137 e. The Morgan fingerprint density at radius 2 is 2.25 bits per heavy atom. The number of rotatable bonds is 6. The molecule has 90 valence electrons. The molecule has 1 aromatic heterocycles. The fourth-order valence-corrected chi connectivity index (χ4v) is 1.73. The Bertz CT molecular complexity index is 331. The van der Waals surface area contributed by atoms with Crippen LogP contribution in [0.5, 0.6) is 0 Å². The molecule has 0 bridgehead atoms. The molecule has 16 heavy (non-hydrogen) atoms. The van der Waals surface area contributed by atoms with E-state index < -0.39 is 0 Å². The summed E-state index contributed by atoms with van der Waals surface area (Å²) in [4.78, 5) is 8.10. The molecule has 0 spiro atoms. The Hall–Kier alpha value is -0.870. The number of halogens is 1. The van der Waals surface area contributed by atoms with Crippen LogP contribution in [0.25, 0.3) is 0 Å². The number of hydrogen-bond donors (Lipinski definition) is 2. The highest BCUT2D eigenvalue weighted by molar-refractivity contribution is 6.30. The minimum Gasteiger partial charge on any atom is -0.393 e. The van der Waals surface area contributed by atoms with E-state index in [2.05, 4.69) is 15.3 Å². The molecule has 0 aromatic carbocycles. The first-order valence-electron chi connectivity index (χ1n) is 5.56. The molecule has 0 amide bonds. The number of hydrogen-bond acceptors (Lipinski definition) is 4. The second kappa shape index (κ2) is 6.66. The molecule has 0 saturated heterocycles. The molecule has 2 N–H and O–H groups in total. The van der Waals surface area contributed by atoms with Crippen molar-refractivity contribution in [1.29, 1.82) is 0 Å². The standard InChI is InChI=1S/C11H18ClN3O/c1-3-9-10(12)14-7-15-11(9)13-6-4-5-8(2)16/h7-8,16H,3-6H2,1-2H3,(H,13,14,15). The van der Waals surface area contributed by atoms with Crippen LogP contribution in [0, 0.1) is 0 Å². The van der Waals surface area contributed by atoms with Crippen LogP contribution in [0.1, 0.15) is 32.3 Å². The van der Waals surface area contributed by atoms with Crippen LogP contribution < -0.4 is 5.32 Å². The molecule has 5 heteroatoms. The summed E-state index contributed by atoms with van der Waals surface area (Å²) in [6.45, 7) is 4.59. The van der Waals surface area contributed by atoms with Crippen LogP contribution in [0.2, 0.25) is 5.15 Å². The zero-order chi connectivity index (χ0) is 12.0. The predicted molar refractivity (Wildman–Crippen MR) is 65.8 cm³/mol. The number of nitrogens with one attached hydrogen (secondary N) is 1. The van der Waals surface area contributed by atoms with Gasteiger partial charge in [-0.3, -0.25) is 0 Å². The zero-order valence-electron chi connectivity index (χ0n) is 9.70. The fraction of sp³-hybridized carbons (Fsp3) is 0.636. The predicted octanol–water partition coefficient (Wildman–Crippen LogP) is 2.27. The van der Waals surface area contributed by atoms with Crippen molar-refractivity contribution in [2.45, 2.75) is 39.2 Å². The normalized spacial score (nSPS) is 12.5. The summed E-state index contributed by atoms with van der Waals surface area (Å²) in [6.07, 6.45) is 3.70. The average Bonchev–Trinajstić information content (AvgIpc) is 2.24. The van der Waals surface area contributed by atoms with Crippen molar-refractivity contribution in [3.63, 3.8) is 0 Å². The van der Waals surface area contributed by atoms with Crippen molar-refractivity contribution in [1.82, 2.24) is 9.97 Å². The fourth-order valence-electron chi connectivity index (χ4n) is 1.46. The minimum absolute atomic E-state index is 0.249. The van der Waals surface area contributed by atoms with Gasteiger partial charge in [0, 0.05) is 12.1 Å². The third-order valence-corrected chi connectivity index (χ3v) is 2.66. The van der Waals surface area contributed by atoms with Crippen LogP contribution in [0.4, 0.5) is 5.82 Å². The first-order chi connectivity index (χ1) is 7.65. The molecule has 0 aliphatic rings. The van der Waals surface area contributed by atoms with Gasteiger partial charge in [0.05, 0.1) is 6.10 Å². The highest BCUT2D eigenvalue weighted by Crippen LogP contribution is 2.19. The van der Waals surface area contributed by atoms with Gasteiger partial charge >= 0.3 is 0 Å². The molecule has 0 saturated carbocycles. The second-order valence-corrected chi connectivity index (χ2v) is 4.12. The molecular formula is C11H18ClN3O. The van der Waals surface area contributed by atoms with Crippen LogP contribution in [-0.4, -0.2) is 27.7 Å². The SMILES string of the molecule is CCc1c(Cl)ncnc1NCCCC(C)O. The van der Waals surface area contributed by atoms with Crippen molar-refractivity contribution in [3.05, 3.63) is 17.0 Å². The lowest BCUT2D eigenvalue weighted by atomic mass is 10.2. The Kier molecular flexibility index (Phi) is 5.49. The van der Waals surface area contributed by atoms with Crippen molar-refractivity contribution in [2.24, 2.45) is 0 Å². The molecule has 1 atom stereocenters. The summed E-state index contributed by atoms with van der Waals surface area (Å²) >= 11 is 5.96. The minimum atomic E-state index is -0.249. The Morgan fingerprint density at radius 1 is 1.50 bits per heavy atom. The van der Waals surface area contributed by atoms with E-state index in [9.17, 15) is 0 Å². The van der Waals surface area contributed by atoms with E-state index in [-0.39, 0.29) is 6.10 Å². The van der Waals surface area contributed by atoms with E-state index >= 15 is 0 Å². The van der Waals surface area contributed by atoms with Gasteiger partial charge in [-0.1, -0.05) is 18.5 Å². The van der Waals surface area contributed by atoms with Gasteiger partial charge in [-0.25, -0.2) is 9.97 Å². The maximum atomic E-state index is 9.12. The van der Waals surface area contributed by atoms with E-state index in [0.717, 1.165) is 37.2 Å². The van der Waals surface area contributed by atoms with Gasteiger partial charge in [-0.2, -0.15) is 0 Å². The van der Waals surface area contributed by atoms with Gasteiger partial charge in [-0.05, 0) is 26.2 Å². The number of nitrogens with zero attached hydrogens (tertiary/aromatic N) is 2. The Balaban J connectivity index is 2.50. The maximum Gasteiger partial charge on any atom is 0.137 e. The van der Waals surface area contributed by atoms with Crippen LogP contribution >= 0.6 is 11.6 Å². The maximum absolute atomic E-state index is 9.12. The molecule has 1 unspecified atom stereocenters. The van der Waals surface area contributed by atoms with Crippen molar-refractivity contribution < 1.29 is 5.11 Å². The van der Waals surface area contributed by atoms with Gasteiger partial charge in [0.25, 0.3) is 0 Å². The quantitative estimate of drug-likeness (QED) is 0.595. The molecule has 4 nitrogen and oxygen atoms in total. The van der Waals surface area contributed by atoms with Gasteiger partial charge in [0.2, 0.25) is 0 Å². The van der Waals surface area contributed by atoms with Gasteiger partial charge in [-0.15, -0.1) is 0 Å². The molecule has 0 aliphatic carbocycles.